The van der Waals surface area contributed by atoms with Crippen LogP contribution >= 0.6 is 0 Å². The van der Waals surface area contributed by atoms with Crippen molar-refractivity contribution < 1.29 is 25.2 Å². The Hall–Kier alpha value is -2.19. The maximum atomic E-state index is 12.8. The lowest BCUT2D eigenvalue weighted by Gasteiger charge is -2.19. The predicted molar refractivity (Wildman–Crippen MR) is 85.5 cm³/mol. The van der Waals surface area contributed by atoms with Crippen LogP contribution in [0.25, 0.3) is 11.1 Å². The second-order valence-electron chi connectivity index (χ2n) is 5.88. The lowest BCUT2D eigenvalue weighted by Crippen LogP contribution is -2.35. The second-order valence-corrected chi connectivity index (χ2v) is 5.88. The van der Waals surface area contributed by atoms with Crippen molar-refractivity contribution in [2.24, 2.45) is 0 Å². The summed E-state index contributed by atoms with van der Waals surface area (Å²) in [7, 11) is 0. The maximum Gasteiger partial charge on any atom is 0.264 e. The maximum absolute atomic E-state index is 12.8. The molecule has 0 bridgehead atoms. The number of ether oxygens (including phenoxy) is 1. The van der Waals surface area contributed by atoms with E-state index in [1.165, 1.54) is 12.3 Å². The van der Waals surface area contributed by atoms with Crippen LogP contribution in [0, 0.1) is 6.92 Å². The van der Waals surface area contributed by atoms with Crippen LogP contribution in [0.5, 0.6) is 5.75 Å². The average Bonchev–Trinajstić information content (AvgIpc) is 2.85. The Morgan fingerprint density at radius 2 is 1.79 bits per heavy atom. The SMILES string of the molecule is Cc1ccc(-c2c(O)ccn([C@@H]3O[C@H](CO)C(O)C3O)c2=O)cc1. The minimum atomic E-state index is -1.37. The molecule has 24 heavy (non-hydrogen) atoms. The molecule has 128 valence electrons. The molecule has 2 heterocycles. The Kier molecular flexibility index (Phi) is 4.42. The van der Waals surface area contributed by atoms with Crippen molar-refractivity contribution >= 4 is 0 Å². The van der Waals surface area contributed by atoms with E-state index in [1.807, 2.05) is 19.1 Å². The lowest BCUT2D eigenvalue weighted by atomic mass is 10.0. The molecule has 0 amide bonds. The number of rotatable bonds is 3. The van der Waals surface area contributed by atoms with Crippen molar-refractivity contribution in [2.45, 2.75) is 31.5 Å². The molecule has 2 aromatic rings. The van der Waals surface area contributed by atoms with Gasteiger partial charge in [0.15, 0.2) is 6.23 Å². The second kappa shape index (κ2) is 6.37. The molecule has 4 N–H and O–H groups in total. The average molecular weight is 333 g/mol. The molecule has 0 saturated carbocycles. The fourth-order valence-corrected chi connectivity index (χ4v) is 2.84. The largest absolute Gasteiger partial charge is 0.507 e. The van der Waals surface area contributed by atoms with Gasteiger partial charge in [0.1, 0.15) is 24.1 Å². The minimum Gasteiger partial charge on any atom is -0.507 e. The van der Waals surface area contributed by atoms with Gasteiger partial charge in [0.2, 0.25) is 0 Å². The molecule has 1 saturated heterocycles. The summed E-state index contributed by atoms with van der Waals surface area (Å²) in [6.45, 7) is 1.43. The third kappa shape index (κ3) is 2.71. The first-order valence-electron chi connectivity index (χ1n) is 7.57. The van der Waals surface area contributed by atoms with Crippen molar-refractivity contribution in [3.63, 3.8) is 0 Å². The summed E-state index contributed by atoms with van der Waals surface area (Å²) in [5.74, 6) is -0.188. The summed E-state index contributed by atoms with van der Waals surface area (Å²) in [6.07, 6.45) is -3.50. The van der Waals surface area contributed by atoms with Crippen molar-refractivity contribution in [1.82, 2.24) is 4.57 Å². The van der Waals surface area contributed by atoms with E-state index in [-0.39, 0.29) is 11.3 Å². The highest BCUT2D eigenvalue weighted by Crippen LogP contribution is 2.31. The summed E-state index contributed by atoms with van der Waals surface area (Å²) in [5, 5.41) is 39.2. The molecule has 2 unspecified atom stereocenters. The van der Waals surface area contributed by atoms with E-state index < -0.39 is 36.7 Å². The van der Waals surface area contributed by atoms with Crippen molar-refractivity contribution in [3.05, 3.63) is 52.4 Å². The topological polar surface area (TPSA) is 112 Å². The highest BCUT2D eigenvalue weighted by molar-refractivity contribution is 5.69. The highest BCUT2D eigenvalue weighted by atomic mass is 16.6. The normalized spacial score (nSPS) is 26.7. The van der Waals surface area contributed by atoms with Crippen LogP contribution in [0.2, 0.25) is 0 Å². The number of aliphatic hydroxyl groups is 3. The lowest BCUT2D eigenvalue weighted by molar-refractivity contribution is -0.0543. The smallest absolute Gasteiger partial charge is 0.264 e. The molecule has 7 nitrogen and oxygen atoms in total. The Bertz CT molecular complexity index is 785. The molecule has 0 radical (unpaired) electrons. The van der Waals surface area contributed by atoms with Gasteiger partial charge in [-0.15, -0.1) is 0 Å². The first-order valence-corrected chi connectivity index (χ1v) is 7.57. The molecule has 0 spiro atoms. The molecule has 1 aliphatic rings. The number of aryl methyl sites for hydroxylation is 1. The summed E-state index contributed by atoms with van der Waals surface area (Å²) < 4.78 is 6.49. The third-order valence-electron chi connectivity index (χ3n) is 4.23. The van der Waals surface area contributed by atoms with E-state index >= 15 is 0 Å². The number of nitrogens with zero attached hydrogens (tertiary/aromatic N) is 1. The Balaban J connectivity index is 2.07. The van der Waals surface area contributed by atoms with Crippen LogP contribution < -0.4 is 5.56 Å². The first-order chi connectivity index (χ1) is 11.4. The van der Waals surface area contributed by atoms with Gasteiger partial charge >= 0.3 is 0 Å². The molecule has 1 aliphatic heterocycles. The van der Waals surface area contributed by atoms with E-state index in [0.717, 1.165) is 10.1 Å². The van der Waals surface area contributed by atoms with E-state index in [9.17, 15) is 20.1 Å². The van der Waals surface area contributed by atoms with Crippen LogP contribution in [-0.2, 0) is 4.74 Å². The number of hydrogen-bond donors (Lipinski definition) is 4. The molecule has 3 rings (SSSR count). The molecule has 0 aliphatic carbocycles. The summed E-state index contributed by atoms with van der Waals surface area (Å²) in [4.78, 5) is 12.8. The molecular formula is C17H19NO6. The van der Waals surface area contributed by atoms with Gasteiger partial charge in [-0.25, -0.2) is 0 Å². The van der Waals surface area contributed by atoms with Crippen molar-refractivity contribution in [3.8, 4) is 16.9 Å². The predicted octanol–water partition coefficient (Wildman–Crippen LogP) is 0.141. The van der Waals surface area contributed by atoms with Gasteiger partial charge in [-0.2, -0.15) is 0 Å². The van der Waals surface area contributed by atoms with Gasteiger partial charge in [-0.1, -0.05) is 29.8 Å². The van der Waals surface area contributed by atoms with Crippen LogP contribution in [-0.4, -0.2) is 49.9 Å². The van der Waals surface area contributed by atoms with E-state index in [1.54, 1.807) is 12.1 Å². The molecule has 1 aromatic carbocycles. The minimum absolute atomic E-state index is 0.0789. The zero-order valence-corrected chi connectivity index (χ0v) is 13.0. The number of aromatic hydroxyl groups is 1. The van der Waals surface area contributed by atoms with Crippen LogP contribution in [0.1, 0.15) is 11.8 Å². The van der Waals surface area contributed by atoms with E-state index in [0.29, 0.717) is 5.56 Å². The van der Waals surface area contributed by atoms with Gasteiger partial charge in [0.05, 0.1) is 12.2 Å². The number of hydrogen-bond acceptors (Lipinski definition) is 6. The Morgan fingerprint density at radius 3 is 2.38 bits per heavy atom. The number of benzene rings is 1. The van der Waals surface area contributed by atoms with Gasteiger partial charge < -0.3 is 25.2 Å². The number of aliphatic hydroxyl groups excluding tert-OH is 3. The van der Waals surface area contributed by atoms with Gasteiger partial charge in [0.25, 0.3) is 5.56 Å². The number of aromatic nitrogens is 1. The molecule has 7 heteroatoms. The molecule has 1 fully saturated rings. The quantitative estimate of drug-likeness (QED) is 0.636. The molecule has 1 aromatic heterocycles. The highest BCUT2D eigenvalue weighted by Gasteiger charge is 2.43. The Labute approximate surface area is 138 Å². The zero-order chi connectivity index (χ0) is 17.4. The first kappa shape index (κ1) is 16.7. The summed E-state index contributed by atoms with van der Waals surface area (Å²) >= 11 is 0. The van der Waals surface area contributed by atoms with Crippen LogP contribution in [0.15, 0.2) is 41.3 Å². The van der Waals surface area contributed by atoms with E-state index in [2.05, 4.69) is 0 Å². The standard InChI is InChI=1S/C17H19NO6/c1-9-2-4-10(5-3-9)13-11(20)6-7-18(16(13)23)17-15(22)14(21)12(8-19)24-17/h2-7,12,14-15,17,19-22H,8H2,1H3/t12-,14?,15?,17-/m1/s1. The fraction of sp³-hybridized carbons (Fsp3) is 0.353. The third-order valence-corrected chi connectivity index (χ3v) is 4.23. The molecule has 4 atom stereocenters. The zero-order valence-electron chi connectivity index (χ0n) is 13.0. The van der Waals surface area contributed by atoms with Crippen LogP contribution in [0.3, 0.4) is 0 Å². The summed E-state index contributed by atoms with van der Waals surface area (Å²) in [6, 6.07) is 8.39. The van der Waals surface area contributed by atoms with E-state index in [4.69, 9.17) is 9.84 Å². The van der Waals surface area contributed by atoms with Gasteiger partial charge in [0, 0.05) is 6.20 Å². The summed E-state index contributed by atoms with van der Waals surface area (Å²) in [5.41, 5.74) is 1.06. The van der Waals surface area contributed by atoms with Gasteiger partial charge in [-0.3, -0.25) is 9.36 Å². The fourth-order valence-electron chi connectivity index (χ4n) is 2.84. The van der Waals surface area contributed by atoms with Gasteiger partial charge in [-0.05, 0) is 18.6 Å². The monoisotopic (exact) mass is 333 g/mol. The number of pyridine rings is 1. The molecular weight excluding hydrogens is 314 g/mol. The van der Waals surface area contributed by atoms with Crippen molar-refractivity contribution in [2.75, 3.05) is 6.61 Å². The van der Waals surface area contributed by atoms with Crippen LogP contribution in [0.4, 0.5) is 0 Å². The van der Waals surface area contributed by atoms with Crippen molar-refractivity contribution in [1.29, 1.82) is 0 Å². The Morgan fingerprint density at radius 1 is 1.12 bits per heavy atom.